The molecule has 1 aliphatic carbocycles. The molecular weight excluding hydrogens is 372 g/mol. The van der Waals surface area contributed by atoms with Gasteiger partial charge in [0.2, 0.25) is 0 Å². The predicted octanol–water partition coefficient (Wildman–Crippen LogP) is 3.99. The van der Waals surface area contributed by atoms with Crippen LogP contribution in [0.5, 0.6) is 0 Å². The smallest absolute Gasteiger partial charge is 0.144 e. The molecule has 0 amide bonds. The molecule has 0 radical (unpaired) electrons. The first-order chi connectivity index (χ1) is 14.6. The van der Waals surface area contributed by atoms with E-state index in [9.17, 15) is 10.5 Å². The second-order valence-corrected chi connectivity index (χ2v) is 7.57. The SMILES string of the molecule is Cc1ccc(C2=C(C#N)c3cc(C)cnc3CCC2Cc2cc(C#N)ncn2)nc1. The van der Waals surface area contributed by atoms with Crippen molar-refractivity contribution in [2.45, 2.75) is 33.1 Å². The molecule has 146 valence electrons. The summed E-state index contributed by atoms with van der Waals surface area (Å²) in [5.74, 6) is 0.0193. The topological polar surface area (TPSA) is 99.1 Å². The largest absolute Gasteiger partial charge is 0.260 e. The molecule has 1 unspecified atom stereocenters. The number of fused-ring (bicyclic) bond motifs is 1. The third kappa shape index (κ3) is 3.81. The number of hydrogen-bond acceptors (Lipinski definition) is 6. The first-order valence-electron chi connectivity index (χ1n) is 9.83. The van der Waals surface area contributed by atoms with Crippen molar-refractivity contribution >= 4 is 11.1 Å². The van der Waals surface area contributed by atoms with Crippen LogP contribution in [0.25, 0.3) is 11.1 Å². The third-order valence-electron chi connectivity index (χ3n) is 5.38. The van der Waals surface area contributed by atoms with E-state index in [-0.39, 0.29) is 5.92 Å². The van der Waals surface area contributed by atoms with E-state index in [4.69, 9.17) is 0 Å². The Morgan fingerprint density at radius 3 is 2.53 bits per heavy atom. The fourth-order valence-corrected chi connectivity index (χ4v) is 3.93. The lowest BCUT2D eigenvalue weighted by atomic mass is 9.85. The molecule has 6 nitrogen and oxygen atoms in total. The number of hydrogen-bond donors (Lipinski definition) is 0. The first kappa shape index (κ1) is 19.4. The Morgan fingerprint density at radius 1 is 0.967 bits per heavy atom. The molecule has 0 fully saturated rings. The van der Waals surface area contributed by atoms with Gasteiger partial charge in [0.1, 0.15) is 24.2 Å². The van der Waals surface area contributed by atoms with Crippen LogP contribution in [0.2, 0.25) is 0 Å². The van der Waals surface area contributed by atoms with Crippen LogP contribution < -0.4 is 0 Å². The molecule has 3 aromatic heterocycles. The van der Waals surface area contributed by atoms with Crippen molar-refractivity contribution in [2.75, 3.05) is 0 Å². The van der Waals surface area contributed by atoms with Crippen molar-refractivity contribution < 1.29 is 0 Å². The van der Waals surface area contributed by atoms with Crippen molar-refractivity contribution in [1.29, 1.82) is 10.5 Å². The highest BCUT2D eigenvalue weighted by Gasteiger charge is 2.28. The van der Waals surface area contributed by atoms with E-state index in [0.717, 1.165) is 52.2 Å². The van der Waals surface area contributed by atoms with Crippen LogP contribution in [0.4, 0.5) is 0 Å². The van der Waals surface area contributed by atoms with Gasteiger partial charge in [-0.15, -0.1) is 0 Å². The Balaban J connectivity index is 1.89. The maximum Gasteiger partial charge on any atom is 0.144 e. The van der Waals surface area contributed by atoms with E-state index in [1.54, 1.807) is 6.07 Å². The summed E-state index contributed by atoms with van der Waals surface area (Å²) in [6.07, 6.45) is 7.26. The van der Waals surface area contributed by atoms with E-state index >= 15 is 0 Å². The number of nitriles is 2. The molecular formula is C24H20N6. The van der Waals surface area contributed by atoms with E-state index in [2.05, 4.69) is 32.1 Å². The summed E-state index contributed by atoms with van der Waals surface area (Å²) in [7, 11) is 0. The zero-order valence-electron chi connectivity index (χ0n) is 16.9. The van der Waals surface area contributed by atoms with Crippen LogP contribution in [-0.2, 0) is 12.8 Å². The zero-order valence-corrected chi connectivity index (χ0v) is 16.9. The average Bonchev–Trinajstić information content (AvgIpc) is 2.91. The highest BCUT2D eigenvalue weighted by Crippen LogP contribution is 2.39. The van der Waals surface area contributed by atoms with Gasteiger partial charge >= 0.3 is 0 Å². The fraction of sp³-hybridized carbons (Fsp3) is 0.250. The van der Waals surface area contributed by atoms with Crippen LogP contribution >= 0.6 is 0 Å². The van der Waals surface area contributed by atoms with Gasteiger partial charge < -0.3 is 0 Å². The molecule has 0 bridgehead atoms. The molecule has 0 spiro atoms. The highest BCUT2D eigenvalue weighted by atomic mass is 14.8. The van der Waals surface area contributed by atoms with Crippen molar-refractivity contribution in [2.24, 2.45) is 5.92 Å². The van der Waals surface area contributed by atoms with Gasteiger partial charge in [-0.05, 0) is 73.9 Å². The van der Waals surface area contributed by atoms with Gasteiger partial charge in [0.25, 0.3) is 0 Å². The summed E-state index contributed by atoms with van der Waals surface area (Å²) in [6, 6.07) is 12.3. The summed E-state index contributed by atoms with van der Waals surface area (Å²) in [6.45, 7) is 3.98. The van der Waals surface area contributed by atoms with Crippen LogP contribution in [0.15, 0.2) is 43.0 Å². The van der Waals surface area contributed by atoms with Crippen molar-refractivity contribution in [3.63, 3.8) is 0 Å². The minimum Gasteiger partial charge on any atom is -0.260 e. The van der Waals surface area contributed by atoms with Crippen LogP contribution in [0.3, 0.4) is 0 Å². The number of rotatable bonds is 3. The first-order valence-corrected chi connectivity index (χ1v) is 9.83. The Labute approximate surface area is 175 Å². The van der Waals surface area contributed by atoms with Crippen molar-refractivity contribution in [3.8, 4) is 12.1 Å². The number of aryl methyl sites for hydroxylation is 3. The van der Waals surface area contributed by atoms with Gasteiger partial charge in [-0.25, -0.2) is 9.97 Å². The van der Waals surface area contributed by atoms with Gasteiger partial charge in [0.15, 0.2) is 0 Å². The fourth-order valence-electron chi connectivity index (χ4n) is 3.93. The summed E-state index contributed by atoms with van der Waals surface area (Å²) in [4.78, 5) is 17.6. The Kier molecular flexibility index (Phi) is 5.32. The van der Waals surface area contributed by atoms with Crippen LogP contribution in [0, 0.1) is 42.4 Å². The van der Waals surface area contributed by atoms with E-state index in [0.29, 0.717) is 17.7 Å². The summed E-state index contributed by atoms with van der Waals surface area (Å²) < 4.78 is 0. The average molecular weight is 392 g/mol. The number of aromatic nitrogens is 4. The summed E-state index contributed by atoms with van der Waals surface area (Å²) in [5.41, 5.74) is 7.36. The van der Waals surface area contributed by atoms with Gasteiger partial charge in [-0.1, -0.05) is 6.07 Å². The van der Waals surface area contributed by atoms with Gasteiger partial charge in [-0.2, -0.15) is 10.5 Å². The molecule has 0 saturated heterocycles. The highest BCUT2D eigenvalue weighted by molar-refractivity contribution is 5.98. The van der Waals surface area contributed by atoms with E-state index in [1.165, 1.54) is 6.33 Å². The van der Waals surface area contributed by atoms with Crippen molar-refractivity contribution in [3.05, 3.63) is 82.5 Å². The molecule has 1 aliphatic rings. The molecule has 3 aromatic rings. The predicted molar refractivity (Wildman–Crippen MR) is 113 cm³/mol. The number of pyridine rings is 2. The van der Waals surface area contributed by atoms with E-state index in [1.807, 2.05) is 44.4 Å². The molecule has 30 heavy (non-hydrogen) atoms. The Hall–Kier alpha value is -3.90. The molecule has 0 saturated carbocycles. The Bertz CT molecular complexity index is 1210. The summed E-state index contributed by atoms with van der Waals surface area (Å²) in [5, 5.41) is 19.4. The molecule has 4 rings (SSSR count). The standard InChI is InChI=1S/C24H20N6/c1-15-3-5-23(28-12-15)24-17(8-18-9-19(10-25)30-14-29-18)4-6-22-20(21(24)11-26)7-16(2)13-27-22/h3,5,7,9,12-14,17H,4,6,8H2,1-2H3. The molecule has 0 N–H and O–H groups in total. The number of allylic oxidation sites excluding steroid dienone is 2. The molecule has 6 heteroatoms. The van der Waals surface area contributed by atoms with Crippen molar-refractivity contribution in [1.82, 2.24) is 19.9 Å². The second-order valence-electron chi connectivity index (χ2n) is 7.57. The van der Waals surface area contributed by atoms with Gasteiger partial charge in [0.05, 0.1) is 11.3 Å². The minimum absolute atomic E-state index is 0.0193. The lowest BCUT2D eigenvalue weighted by Gasteiger charge is -2.19. The lowest BCUT2D eigenvalue weighted by Crippen LogP contribution is -2.11. The van der Waals surface area contributed by atoms with Gasteiger partial charge in [0, 0.05) is 29.3 Å². The normalized spacial score (nSPS) is 15.7. The van der Waals surface area contributed by atoms with Crippen LogP contribution in [-0.4, -0.2) is 19.9 Å². The quantitative estimate of drug-likeness (QED) is 0.668. The van der Waals surface area contributed by atoms with Crippen LogP contribution in [0.1, 0.15) is 45.9 Å². The molecule has 1 atom stereocenters. The number of nitrogens with zero attached hydrogens (tertiary/aromatic N) is 6. The molecule has 0 aliphatic heterocycles. The van der Waals surface area contributed by atoms with E-state index < -0.39 is 0 Å². The maximum atomic E-state index is 10.2. The lowest BCUT2D eigenvalue weighted by molar-refractivity contribution is 0.593. The zero-order chi connectivity index (χ0) is 21.1. The monoisotopic (exact) mass is 392 g/mol. The Morgan fingerprint density at radius 2 is 1.80 bits per heavy atom. The minimum atomic E-state index is 0.0193. The summed E-state index contributed by atoms with van der Waals surface area (Å²) >= 11 is 0. The third-order valence-corrected chi connectivity index (χ3v) is 5.38. The molecule has 3 heterocycles. The maximum absolute atomic E-state index is 10.2. The molecule has 0 aromatic carbocycles. The van der Waals surface area contributed by atoms with Gasteiger partial charge in [-0.3, -0.25) is 9.97 Å². The second kappa shape index (κ2) is 8.23.